The highest BCUT2D eigenvalue weighted by Crippen LogP contribution is 2.21. The van der Waals surface area contributed by atoms with Crippen LogP contribution in [-0.2, 0) is 4.74 Å². The van der Waals surface area contributed by atoms with Crippen molar-refractivity contribution in [2.24, 2.45) is 0 Å². The number of hydrogen-bond acceptors (Lipinski definition) is 4. The van der Waals surface area contributed by atoms with Crippen LogP contribution in [0.25, 0.3) is 0 Å². The van der Waals surface area contributed by atoms with Crippen molar-refractivity contribution >= 4 is 23.5 Å². The molecule has 7 heteroatoms. The predicted octanol–water partition coefficient (Wildman–Crippen LogP) is 2.96. The van der Waals surface area contributed by atoms with Gasteiger partial charge in [-0.25, -0.2) is 9.59 Å². The molecule has 0 radical (unpaired) electrons. The summed E-state index contributed by atoms with van der Waals surface area (Å²) >= 11 is 0. The molecule has 2 aliphatic heterocycles. The number of benzene rings is 1. The molecule has 25 heavy (non-hydrogen) atoms. The van der Waals surface area contributed by atoms with Gasteiger partial charge in [-0.1, -0.05) is 0 Å². The van der Waals surface area contributed by atoms with E-state index >= 15 is 0 Å². The molecule has 3 rings (SSSR count). The number of piperidine rings is 1. The summed E-state index contributed by atoms with van der Waals surface area (Å²) in [6, 6.07) is 7.44. The van der Waals surface area contributed by atoms with Crippen molar-refractivity contribution < 1.29 is 14.3 Å². The normalized spacial score (nSPS) is 21.0. The van der Waals surface area contributed by atoms with Gasteiger partial charge in [0.05, 0.1) is 7.11 Å². The van der Waals surface area contributed by atoms with Gasteiger partial charge in [-0.05, 0) is 63.0 Å². The number of ether oxygens (including phenoxy) is 1. The molecule has 1 unspecified atom stereocenters. The quantitative estimate of drug-likeness (QED) is 0.882. The first kappa shape index (κ1) is 17.5. The fourth-order valence-electron chi connectivity index (χ4n) is 3.55. The number of amides is 3. The first-order chi connectivity index (χ1) is 12.2. The van der Waals surface area contributed by atoms with E-state index in [1.54, 1.807) is 24.3 Å². The number of methoxy groups -OCH3 is 1. The average molecular weight is 346 g/mol. The summed E-state index contributed by atoms with van der Waals surface area (Å²) < 4.78 is 4.55. The van der Waals surface area contributed by atoms with E-state index in [2.05, 4.69) is 20.3 Å². The fourth-order valence-corrected chi connectivity index (χ4v) is 3.55. The molecule has 0 spiro atoms. The predicted molar refractivity (Wildman–Crippen MR) is 96.9 cm³/mol. The van der Waals surface area contributed by atoms with Crippen molar-refractivity contribution in [3.05, 3.63) is 24.3 Å². The summed E-state index contributed by atoms with van der Waals surface area (Å²) in [6.07, 6.45) is 4.26. The minimum absolute atomic E-state index is 0.0578. The number of carbonyl (C=O) groups is 2. The number of carbonyl (C=O) groups excluding carboxylic acids is 2. The standard InChI is InChI=1S/C18H26N4O3/c1-25-18(24)20-15-8-6-14(7-9-15)19-17(23)22-12-4-5-16(13-22)21-10-2-3-11-21/h6-9,16H,2-5,10-13H2,1H3,(H,19,23)(H,20,24). The van der Waals surface area contributed by atoms with Gasteiger partial charge in [0, 0.05) is 30.5 Å². The molecule has 1 aromatic rings. The second-order valence-electron chi connectivity index (χ2n) is 6.61. The maximum absolute atomic E-state index is 12.5. The van der Waals surface area contributed by atoms with Crippen molar-refractivity contribution in [2.75, 3.05) is 43.9 Å². The van der Waals surface area contributed by atoms with Gasteiger partial charge in [0.15, 0.2) is 0 Å². The second kappa shape index (κ2) is 8.20. The van der Waals surface area contributed by atoms with Crippen molar-refractivity contribution in [1.82, 2.24) is 9.80 Å². The molecule has 7 nitrogen and oxygen atoms in total. The van der Waals surface area contributed by atoms with E-state index in [4.69, 9.17) is 0 Å². The summed E-state index contributed by atoms with van der Waals surface area (Å²) in [5.41, 5.74) is 1.33. The van der Waals surface area contributed by atoms with E-state index in [1.807, 2.05) is 4.90 Å². The lowest BCUT2D eigenvalue weighted by Crippen LogP contribution is -2.50. The highest BCUT2D eigenvalue weighted by Gasteiger charge is 2.29. The molecular weight excluding hydrogens is 320 g/mol. The Balaban J connectivity index is 1.53. The Morgan fingerprint density at radius 2 is 1.64 bits per heavy atom. The van der Waals surface area contributed by atoms with E-state index < -0.39 is 6.09 Å². The molecule has 0 aromatic heterocycles. The molecule has 2 heterocycles. The van der Waals surface area contributed by atoms with Gasteiger partial charge in [-0.15, -0.1) is 0 Å². The Bertz CT molecular complexity index is 599. The number of hydrogen-bond donors (Lipinski definition) is 2. The van der Waals surface area contributed by atoms with Gasteiger partial charge in [-0.3, -0.25) is 10.2 Å². The van der Waals surface area contributed by atoms with E-state index in [0.29, 0.717) is 17.4 Å². The van der Waals surface area contributed by atoms with Crippen molar-refractivity contribution in [3.63, 3.8) is 0 Å². The minimum atomic E-state index is -0.516. The lowest BCUT2D eigenvalue weighted by Gasteiger charge is -2.37. The van der Waals surface area contributed by atoms with E-state index in [9.17, 15) is 9.59 Å². The first-order valence-corrected chi connectivity index (χ1v) is 8.91. The van der Waals surface area contributed by atoms with Gasteiger partial charge in [-0.2, -0.15) is 0 Å². The zero-order valence-corrected chi connectivity index (χ0v) is 14.7. The topological polar surface area (TPSA) is 73.9 Å². The number of rotatable bonds is 3. The summed E-state index contributed by atoms with van der Waals surface area (Å²) in [6.45, 7) is 3.93. The zero-order valence-electron chi connectivity index (χ0n) is 14.7. The van der Waals surface area contributed by atoms with E-state index in [-0.39, 0.29) is 6.03 Å². The summed E-state index contributed by atoms with van der Waals surface area (Å²) in [4.78, 5) is 28.2. The lowest BCUT2D eigenvalue weighted by molar-refractivity contribution is 0.132. The third kappa shape index (κ3) is 4.63. The van der Waals surface area contributed by atoms with E-state index in [1.165, 1.54) is 26.4 Å². The summed E-state index contributed by atoms with van der Waals surface area (Å²) in [5.74, 6) is 0. The fraction of sp³-hybridized carbons (Fsp3) is 0.556. The molecule has 2 N–H and O–H groups in total. The largest absolute Gasteiger partial charge is 0.453 e. The third-order valence-corrected chi connectivity index (χ3v) is 4.91. The van der Waals surface area contributed by atoms with Crippen LogP contribution >= 0.6 is 0 Å². The Morgan fingerprint density at radius 3 is 2.28 bits per heavy atom. The lowest BCUT2D eigenvalue weighted by atomic mass is 10.0. The monoisotopic (exact) mass is 346 g/mol. The molecule has 1 atom stereocenters. The second-order valence-corrected chi connectivity index (χ2v) is 6.61. The van der Waals surface area contributed by atoms with Gasteiger partial charge in [0.1, 0.15) is 0 Å². The van der Waals surface area contributed by atoms with Crippen LogP contribution in [0.5, 0.6) is 0 Å². The molecule has 136 valence electrons. The molecule has 0 bridgehead atoms. The molecule has 0 aliphatic carbocycles. The Labute approximate surface area is 148 Å². The summed E-state index contributed by atoms with van der Waals surface area (Å²) in [7, 11) is 1.32. The van der Waals surface area contributed by atoms with Crippen LogP contribution in [0.3, 0.4) is 0 Å². The number of nitrogens with zero attached hydrogens (tertiary/aromatic N) is 2. The average Bonchev–Trinajstić information content (AvgIpc) is 3.18. The molecule has 1 aromatic carbocycles. The van der Waals surface area contributed by atoms with Gasteiger partial charge in [0.2, 0.25) is 0 Å². The van der Waals surface area contributed by atoms with Crippen LogP contribution in [0.2, 0.25) is 0 Å². The molecule has 2 aliphatic rings. The summed E-state index contributed by atoms with van der Waals surface area (Å²) in [5, 5.41) is 5.52. The maximum Gasteiger partial charge on any atom is 0.411 e. The smallest absolute Gasteiger partial charge is 0.411 e. The van der Waals surface area contributed by atoms with Crippen LogP contribution in [0.4, 0.5) is 21.0 Å². The van der Waals surface area contributed by atoms with E-state index in [0.717, 1.165) is 32.6 Å². The first-order valence-electron chi connectivity index (χ1n) is 8.91. The molecular formula is C18H26N4O3. The number of likely N-dealkylation sites (tertiary alicyclic amines) is 2. The SMILES string of the molecule is COC(=O)Nc1ccc(NC(=O)N2CCCC(N3CCCC3)C2)cc1. The molecule has 0 saturated carbocycles. The third-order valence-electron chi connectivity index (χ3n) is 4.91. The van der Waals surface area contributed by atoms with Crippen LogP contribution < -0.4 is 10.6 Å². The van der Waals surface area contributed by atoms with Crippen LogP contribution in [0.15, 0.2) is 24.3 Å². The molecule has 2 saturated heterocycles. The Hall–Kier alpha value is -2.28. The Kier molecular flexibility index (Phi) is 5.75. The molecule has 2 fully saturated rings. The van der Waals surface area contributed by atoms with Gasteiger partial charge in [0.25, 0.3) is 0 Å². The number of anilines is 2. The highest BCUT2D eigenvalue weighted by atomic mass is 16.5. The maximum atomic E-state index is 12.5. The number of urea groups is 1. The highest BCUT2D eigenvalue weighted by molar-refractivity contribution is 5.90. The number of nitrogens with one attached hydrogen (secondary N) is 2. The minimum Gasteiger partial charge on any atom is -0.453 e. The van der Waals surface area contributed by atoms with Crippen LogP contribution in [0, 0.1) is 0 Å². The van der Waals surface area contributed by atoms with Gasteiger partial charge >= 0.3 is 12.1 Å². The van der Waals surface area contributed by atoms with Crippen LogP contribution in [0.1, 0.15) is 25.7 Å². The molecule has 3 amide bonds. The van der Waals surface area contributed by atoms with Crippen molar-refractivity contribution in [3.8, 4) is 0 Å². The Morgan fingerprint density at radius 1 is 1.00 bits per heavy atom. The van der Waals surface area contributed by atoms with Gasteiger partial charge < -0.3 is 15.0 Å². The van der Waals surface area contributed by atoms with Crippen LogP contribution in [-0.4, -0.2) is 61.3 Å². The zero-order chi connectivity index (χ0) is 17.6. The van der Waals surface area contributed by atoms with Crippen molar-refractivity contribution in [1.29, 1.82) is 0 Å². The van der Waals surface area contributed by atoms with Crippen molar-refractivity contribution in [2.45, 2.75) is 31.7 Å².